The molecule has 1 heterocycles. The smallest absolute Gasteiger partial charge is 0.265 e. The molecule has 0 aliphatic carbocycles. The zero-order chi connectivity index (χ0) is 18.2. The predicted molar refractivity (Wildman–Crippen MR) is 102 cm³/mol. The number of carbonyl (C=O) groups is 2. The number of hydrogen-bond donors (Lipinski definition) is 1. The molecule has 132 valence electrons. The van der Waals surface area contributed by atoms with Gasteiger partial charge in [0.1, 0.15) is 11.3 Å². The van der Waals surface area contributed by atoms with Gasteiger partial charge in [-0.3, -0.25) is 19.8 Å². The Morgan fingerprint density at radius 3 is 2.84 bits per heavy atom. The highest BCUT2D eigenvalue weighted by Crippen LogP contribution is 2.19. The van der Waals surface area contributed by atoms with Gasteiger partial charge in [-0.25, -0.2) is 0 Å². The SMILES string of the molecule is C=CCN1C(=O)C(=Cc2cccc(OCCCCC)c2)C(=O)NC1=S. The lowest BCUT2D eigenvalue weighted by atomic mass is 10.1. The third-order valence-corrected chi connectivity index (χ3v) is 4.01. The first kappa shape index (κ1) is 18.9. The molecule has 1 saturated heterocycles. The van der Waals surface area contributed by atoms with Gasteiger partial charge in [-0.05, 0) is 42.4 Å². The lowest BCUT2D eigenvalue weighted by molar-refractivity contribution is -0.128. The minimum Gasteiger partial charge on any atom is -0.494 e. The maximum atomic E-state index is 12.5. The third kappa shape index (κ3) is 5.00. The summed E-state index contributed by atoms with van der Waals surface area (Å²) in [6.07, 6.45) is 6.36. The number of thiocarbonyl (C=S) groups is 1. The summed E-state index contributed by atoms with van der Waals surface area (Å²) in [6, 6.07) is 7.32. The van der Waals surface area contributed by atoms with Crippen LogP contribution in [-0.4, -0.2) is 35.0 Å². The van der Waals surface area contributed by atoms with Crippen LogP contribution < -0.4 is 10.1 Å². The normalized spacial score (nSPS) is 16.1. The van der Waals surface area contributed by atoms with Crippen molar-refractivity contribution < 1.29 is 14.3 Å². The fourth-order valence-corrected chi connectivity index (χ4v) is 2.64. The van der Waals surface area contributed by atoms with E-state index in [2.05, 4.69) is 18.8 Å². The van der Waals surface area contributed by atoms with E-state index in [0.29, 0.717) is 12.4 Å². The minimum absolute atomic E-state index is 0.0404. The largest absolute Gasteiger partial charge is 0.494 e. The van der Waals surface area contributed by atoms with Crippen LogP contribution in [0.3, 0.4) is 0 Å². The van der Waals surface area contributed by atoms with Crippen LogP contribution in [0, 0.1) is 0 Å². The van der Waals surface area contributed by atoms with Crippen molar-refractivity contribution in [3.63, 3.8) is 0 Å². The number of nitrogens with zero attached hydrogens (tertiary/aromatic N) is 1. The molecule has 2 rings (SSSR count). The van der Waals surface area contributed by atoms with Crippen LogP contribution >= 0.6 is 12.2 Å². The molecule has 1 fully saturated rings. The Kier molecular flexibility index (Phi) is 6.89. The molecule has 0 atom stereocenters. The second kappa shape index (κ2) is 9.13. The van der Waals surface area contributed by atoms with Crippen molar-refractivity contribution >= 4 is 35.2 Å². The zero-order valence-corrected chi connectivity index (χ0v) is 15.1. The summed E-state index contributed by atoms with van der Waals surface area (Å²) >= 11 is 5.03. The summed E-state index contributed by atoms with van der Waals surface area (Å²) in [6.45, 7) is 6.64. The second-order valence-corrected chi connectivity index (χ2v) is 6.04. The van der Waals surface area contributed by atoms with Crippen LogP contribution in [0.5, 0.6) is 5.75 Å². The summed E-state index contributed by atoms with van der Waals surface area (Å²) in [5, 5.41) is 2.63. The molecular formula is C19H22N2O3S. The highest BCUT2D eigenvalue weighted by atomic mass is 32.1. The van der Waals surface area contributed by atoms with Gasteiger partial charge in [0, 0.05) is 6.54 Å². The van der Waals surface area contributed by atoms with Crippen molar-refractivity contribution in [2.45, 2.75) is 26.2 Å². The van der Waals surface area contributed by atoms with E-state index in [1.807, 2.05) is 24.3 Å². The van der Waals surface area contributed by atoms with Crippen molar-refractivity contribution in [2.75, 3.05) is 13.2 Å². The summed E-state index contributed by atoms with van der Waals surface area (Å²) < 4.78 is 5.71. The minimum atomic E-state index is -0.496. The first-order chi connectivity index (χ1) is 12.1. The Labute approximate surface area is 153 Å². The molecule has 2 amide bonds. The van der Waals surface area contributed by atoms with E-state index in [9.17, 15) is 9.59 Å². The van der Waals surface area contributed by atoms with Gasteiger partial charge in [-0.2, -0.15) is 0 Å². The Morgan fingerprint density at radius 1 is 1.32 bits per heavy atom. The Hall–Kier alpha value is -2.47. The molecule has 1 aliphatic heterocycles. The number of carbonyl (C=O) groups excluding carboxylic acids is 2. The highest BCUT2D eigenvalue weighted by Gasteiger charge is 2.32. The number of ether oxygens (including phenoxy) is 1. The second-order valence-electron chi connectivity index (χ2n) is 5.65. The Bertz CT molecular complexity index is 712. The van der Waals surface area contributed by atoms with Crippen LogP contribution in [-0.2, 0) is 9.59 Å². The molecule has 0 bridgehead atoms. The van der Waals surface area contributed by atoms with Crippen LogP contribution in [0.4, 0.5) is 0 Å². The molecule has 0 unspecified atom stereocenters. The van der Waals surface area contributed by atoms with Gasteiger partial charge in [0.15, 0.2) is 5.11 Å². The average Bonchev–Trinajstić information content (AvgIpc) is 2.60. The van der Waals surface area contributed by atoms with Crippen LogP contribution in [0.1, 0.15) is 31.7 Å². The third-order valence-electron chi connectivity index (χ3n) is 3.68. The van der Waals surface area contributed by atoms with Crippen molar-refractivity contribution in [1.29, 1.82) is 0 Å². The molecule has 0 radical (unpaired) electrons. The topological polar surface area (TPSA) is 58.6 Å². The van der Waals surface area contributed by atoms with Crippen molar-refractivity contribution in [2.24, 2.45) is 0 Å². The molecule has 6 heteroatoms. The highest BCUT2D eigenvalue weighted by molar-refractivity contribution is 7.80. The lowest BCUT2D eigenvalue weighted by Gasteiger charge is -2.27. The molecule has 0 spiro atoms. The van der Waals surface area contributed by atoms with Crippen LogP contribution in [0.25, 0.3) is 6.08 Å². The summed E-state index contributed by atoms with van der Waals surface area (Å²) in [5.74, 6) is -0.208. The van der Waals surface area contributed by atoms with E-state index >= 15 is 0 Å². The van der Waals surface area contributed by atoms with E-state index in [1.165, 1.54) is 4.90 Å². The van der Waals surface area contributed by atoms with Gasteiger partial charge >= 0.3 is 0 Å². The summed E-state index contributed by atoms with van der Waals surface area (Å²) in [7, 11) is 0. The van der Waals surface area contributed by atoms with E-state index in [0.717, 1.165) is 24.8 Å². The molecule has 1 N–H and O–H groups in total. The quantitative estimate of drug-likeness (QED) is 0.255. The lowest BCUT2D eigenvalue weighted by Crippen LogP contribution is -2.53. The van der Waals surface area contributed by atoms with Gasteiger partial charge in [-0.15, -0.1) is 6.58 Å². The van der Waals surface area contributed by atoms with Gasteiger partial charge in [0.25, 0.3) is 11.8 Å². The van der Waals surface area contributed by atoms with Gasteiger partial charge in [0.05, 0.1) is 6.61 Å². The molecular weight excluding hydrogens is 336 g/mol. The molecule has 25 heavy (non-hydrogen) atoms. The average molecular weight is 358 g/mol. The standard InChI is InChI=1S/C19H22N2O3S/c1-3-5-6-11-24-15-9-7-8-14(12-15)13-16-17(22)20-19(25)21(10-4-2)18(16)23/h4,7-9,12-13H,2-3,5-6,10-11H2,1H3,(H,20,22,25). The van der Waals surface area contributed by atoms with E-state index < -0.39 is 11.8 Å². The van der Waals surface area contributed by atoms with Crippen molar-refractivity contribution in [3.05, 3.63) is 48.1 Å². The predicted octanol–water partition coefficient (Wildman–Crippen LogP) is 3.07. The van der Waals surface area contributed by atoms with Crippen molar-refractivity contribution in [1.82, 2.24) is 10.2 Å². The number of benzene rings is 1. The zero-order valence-electron chi connectivity index (χ0n) is 14.3. The number of amides is 2. The van der Waals surface area contributed by atoms with Crippen molar-refractivity contribution in [3.8, 4) is 5.75 Å². The summed E-state index contributed by atoms with van der Waals surface area (Å²) in [5.41, 5.74) is 0.761. The molecule has 0 saturated carbocycles. The number of unbranched alkanes of at least 4 members (excludes halogenated alkanes) is 2. The molecule has 1 aliphatic rings. The molecule has 1 aromatic carbocycles. The molecule has 5 nitrogen and oxygen atoms in total. The Balaban J connectivity index is 2.17. The molecule has 0 aromatic heterocycles. The van der Waals surface area contributed by atoms with E-state index in [-0.39, 0.29) is 17.2 Å². The fourth-order valence-electron chi connectivity index (χ4n) is 2.39. The van der Waals surface area contributed by atoms with Gasteiger partial charge in [-0.1, -0.05) is 38.0 Å². The van der Waals surface area contributed by atoms with Gasteiger partial charge in [0.2, 0.25) is 0 Å². The van der Waals surface area contributed by atoms with Gasteiger partial charge < -0.3 is 4.74 Å². The maximum absolute atomic E-state index is 12.5. The summed E-state index contributed by atoms with van der Waals surface area (Å²) in [4.78, 5) is 25.9. The fraction of sp³-hybridized carbons (Fsp3) is 0.316. The van der Waals surface area contributed by atoms with E-state index in [1.54, 1.807) is 12.2 Å². The Morgan fingerprint density at radius 2 is 2.12 bits per heavy atom. The molecule has 1 aromatic rings. The van der Waals surface area contributed by atoms with Crippen LogP contribution in [0.15, 0.2) is 42.5 Å². The maximum Gasteiger partial charge on any atom is 0.265 e. The number of rotatable bonds is 8. The first-order valence-corrected chi connectivity index (χ1v) is 8.70. The van der Waals surface area contributed by atoms with E-state index in [4.69, 9.17) is 17.0 Å². The van der Waals surface area contributed by atoms with Crippen LogP contribution in [0.2, 0.25) is 0 Å². The first-order valence-electron chi connectivity index (χ1n) is 8.29. The number of hydrogen-bond acceptors (Lipinski definition) is 4. The monoisotopic (exact) mass is 358 g/mol. The number of nitrogens with one attached hydrogen (secondary N) is 1.